The predicted octanol–water partition coefficient (Wildman–Crippen LogP) is 3.41. The van der Waals surface area contributed by atoms with Crippen LogP contribution in [-0.2, 0) is 16.1 Å². The molecule has 1 N–H and O–H groups in total. The summed E-state index contributed by atoms with van der Waals surface area (Å²) in [7, 11) is 1.58. The van der Waals surface area contributed by atoms with Gasteiger partial charge >= 0.3 is 0 Å². The Kier molecular flexibility index (Phi) is 6.83. The normalized spacial score (nSPS) is 10.2. The molecule has 2 aromatic carbocycles. The molecule has 0 unspecified atom stereocenters. The van der Waals surface area contributed by atoms with E-state index in [-0.39, 0.29) is 18.2 Å². The monoisotopic (exact) mass is 360 g/mol. The zero-order valence-corrected chi connectivity index (χ0v) is 15.0. The van der Waals surface area contributed by atoms with Crippen molar-refractivity contribution >= 4 is 29.1 Å². The predicted molar refractivity (Wildman–Crippen MR) is 98.9 cm³/mol. The molecule has 2 rings (SSSR count). The summed E-state index contributed by atoms with van der Waals surface area (Å²) in [5, 5.41) is 3.44. The van der Waals surface area contributed by atoms with Gasteiger partial charge in [0.05, 0.1) is 7.11 Å². The van der Waals surface area contributed by atoms with E-state index in [1.807, 2.05) is 18.2 Å². The van der Waals surface area contributed by atoms with Crippen molar-refractivity contribution in [3.63, 3.8) is 0 Å². The SMILES string of the molecule is COc1ccc(N(CCC(=O)NCc2ccccc2Cl)C(C)=O)cc1. The Balaban J connectivity index is 1.90. The van der Waals surface area contributed by atoms with Gasteiger partial charge in [0, 0.05) is 37.1 Å². The fourth-order valence-corrected chi connectivity index (χ4v) is 2.57. The zero-order valence-electron chi connectivity index (χ0n) is 14.3. The average molecular weight is 361 g/mol. The molecule has 6 heteroatoms. The Hall–Kier alpha value is -2.53. The van der Waals surface area contributed by atoms with Crippen molar-refractivity contribution in [2.75, 3.05) is 18.6 Å². The number of benzene rings is 2. The maximum atomic E-state index is 12.1. The third-order valence-electron chi connectivity index (χ3n) is 3.76. The molecule has 0 radical (unpaired) electrons. The summed E-state index contributed by atoms with van der Waals surface area (Å²) in [6.45, 7) is 2.14. The van der Waals surface area contributed by atoms with Crippen molar-refractivity contribution in [3.05, 3.63) is 59.1 Å². The van der Waals surface area contributed by atoms with Gasteiger partial charge < -0.3 is 15.0 Å². The number of ether oxygens (including phenoxy) is 1. The van der Waals surface area contributed by atoms with E-state index < -0.39 is 0 Å². The molecule has 0 fully saturated rings. The van der Waals surface area contributed by atoms with Crippen molar-refractivity contribution in [3.8, 4) is 5.75 Å². The molecule has 0 aromatic heterocycles. The van der Waals surface area contributed by atoms with E-state index in [2.05, 4.69) is 5.32 Å². The minimum atomic E-state index is -0.139. The van der Waals surface area contributed by atoms with Crippen LogP contribution < -0.4 is 15.0 Å². The second kappa shape index (κ2) is 9.08. The number of anilines is 1. The minimum Gasteiger partial charge on any atom is -0.497 e. The highest BCUT2D eigenvalue weighted by molar-refractivity contribution is 6.31. The first kappa shape index (κ1) is 18.8. The maximum Gasteiger partial charge on any atom is 0.223 e. The quantitative estimate of drug-likeness (QED) is 0.823. The van der Waals surface area contributed by atoms with Gasteiger partial charge in [-0.2, -0.15) is 0 Å². The van der Waals surface area contributed by atoms with Crippen LogP contribution in [-0.4, -0.2) is 25.5 Å². The molecule has 132 valence electrons. The molecule has 0 bridgehead atoms. The standard InChI is InChI=1S/C19H21ClN2O3/c1-14(23)22(16-7-9-17(25-2)10-8-16)12-11-19(24)21-13-15-5-3-4-6-18(15)20/h3-10H,11-13H2,1-2H3,(H,21,24). The van der Waals surface area contributed by atoms with Crippen molar-refractivity contribution in [2.45, 2.75) is 19.9 Å². The second-order valence-corrected chi connectivity index (χ2v) is 5.89. The molecular formula is C19H21ClN2O3. The molecule has 5 nitrogen and oxygen atoms in total. The molecule has 0 saturated carbocycles. The summed E-state index contributed by atoms with van der Waals surface area (Å²) in [6, 6.07) is 14.5. The lowest BCUT2D eigenvalue weighted by Crippen LogP contribution is -2.33. The van der Waals surface area contributed by atoms with E-state index in [9.17, 15) is 9.59 Å². The van der Waals surface area contributed by atoms with Gasteiger partial charge in [-0.05, 0) is 35.9 Å². The van der Waals surface area contributed by atoms with Crippen LogP contribution in [0.1, 0.15) is 18.9 Å². The first-order valence-electron chi connectivity index (χ1n) is 7.93. The molecule has 0 saturated heterocycles. The number of carbonyl (C=O) groups is 2. The molecule has 0 spiro atoms. The summed E-state index contributed by atoms with van der Waals surface area (Å²) < 4.78 is 5.11. The van der Waals surface area contributed by atoms with Crippen molar-refractivity contribution in [1.82, 2.24) is 5.32 Å². The van der Waals surface area contributed by atoms with Gasteiger partial charge in [-0.3, -0.25) is 9.59 Å². The topological polar surface area (TPSA) is 58.6 Å². The van der Waals surface area contributed by atoms with Crippen molar-refractivity contribution in [2.24, 2.45) is 0 Å². The van der Waals surface area contributed by atoms with Gasteiger partial charge in [0.25, 0.3) is 0 Å². The van der Waals surface area contributed by atoms with E-state index in [0.29, 0.717) is 23.9 Å². The van der Waals surface area contributed by atoms with Gasteiger partial charge in [-0.15, -0.1) is 0 Å². The first-order valence-corrected chi connectivity index (χ1v) is 8.31. The number of methoxy groups -OCH3 is 1. The summed E-state index contributed by atoms with van der Waals surface area (Å²) in [6.07, 6.45) is 0.204. The third-order valence-corrected chi connectivity index (χ3v) is 4.13. The smallest absolute Gasteiger partial charge is 0.223 e. The fraction of sp³-hybridized carbons (Fsp3) is 0.263. The highest BCUT2D eigenvalue weighted by Gasteiger charge is 2.13. The number of amides is 2. The van der Waals surface area contributed by atoms with Gasteiger partial charge in [0.15, 0.2) is 0 Å². The maximum absolute atomic E-state index is 12.1. The minimum absolute atomic E-state index is 0.121. The van der Waals surface area contributed by atoms with Crippen LogP contribution in [0, 0.1) is 0 Å². The Bertz CT molecular complexity index is 732. The molecule has 2 aromatic rings. The van der Waals surface area contributed by atoms with Crippen molar-refractivity contribution < 1.29 is 14.3 Å². The van der Waals surface area contributed by atoms with Crippen LogP contribution in [0.2, 0.25) is 5.02 Å². The first-order chi connectivity index (χ1) is 12.0. The highest BCUT2D eigenvalue weighted by atomic mass is 35.5. The lowest BCUT2D eigenvalue weighted by Gasteiger charge is -2.21. The van der Waals surface area contributed by atoms with E-state index >= 15 is 0 Å². The molecule has 2 amide bonds. The Morgan fingerprint density at radius 3 is 2.40 bits per heavy atom. The summed E-state index contributed by atoms with van der Waals surface area (Å²) >= 11 is 6.07. The van der Waals surface area contributed by atoms with Gasteiger partial charge in [0.1, 0.15) is 5.75 Å². The molecule has 0 aliphatic rings. The van der Waals surface area contributed by atoms with E-state index in [1.54, 1.807) is 42.3 Å². The number of halogens is 1. The fourth-order valence-electron chi connectivity index (χ4n) is 2.37. The average Bonchev–Trinajstić information content (AvgIpc) is 2.61. The van der Waals surface area contributed by atoms with Crippen LogP contribution in [0.4, 0.5) is 5.69 Å². The summed E-state index contributed by atoms with van der Waals surface area (Å²) in [4.78, 5) is 25.5. The summed E-state index contributed by atoms with van der Waals surface area (Å²) in [5.41, 5.74) is 1.59. The third kappa shape index (κ3) is 5.50. The lowest BCUT2D eigenvalue weighted by molar-refractivity contribution is -0.121. The molecule has 0 aliphatic carbocycles. The second-order valence-electron chi connectivity index (χ2n) is 5.49. The van der Waals surface area contributed by atoms with Gasteiger partial charge in [0.2, 0.25) is 11.8 Å². The van der Waals surface area contributed by atoms with Crippen LogP contribution in [0.5, 0.6) is 5.75 Å². The van der Waals surface area contributed by atoms with Gasteiger partial charge in [-0.1, -0.05) is 29.8 Å². The number of hydrogen-bond acceptors (Lipinski definition) is 3. The molecule has 0 heterocycles. The molecular weight excluding hydrogens is 340 g/mol. The van der Waals surface area contributed by atoms with Crippen LogP contribution in [0.3, 0.4) is 0 Å². The largest absolute Gasteiger partial charge is 0.497 e. The number of nitrogens with one attached hydrogen (secondary N) is 1. The Morgan fingerprint density at radius 2 is 1.80 bits per heavy atom. The highest BCUT2D eigenvalue weighted by Crippen LogP contribution is 2.20. The number of nitrogens with zero attached hydrogens (tertiary/aromatic N) is 1. The lowest BCUT2D eigenvalue weighted by atomic mass is 10.2. The summed E-state index contributed by atoms with van der Waals surface area (Å²) in [5.74, 6) is 0.452. The number of hydrogen-bond donors (Lipinski definition) is 1. The van der Waals surface area contributed by atoms with E-state index in [4.69, 9.17) is 16.3 Å². The molecule has 0 aliphatic heterocycles. The van der Waals surface area contributed by atoms with Crippen LogP contribution in [0.25, 0.3) is 0 Å². The van der Waals surface area contributed by atoms with E-state index in [0.717, 1.165) is 11.3 Å². The van der Waals surface area contributed by atoms with Crippen LogP contribution in [0.15, 0.2) is 48.5 Å². The molecule has 0 atom stereocenters. The van der Waals surface area contributed by atoms with E-state index in [1.165, 1.54) is 6.92 Å². The van der Waals surface area contributed by atoms with Crippen LogP contribution >= 0.6 is 11.6 Å². The van der Waals surface area contributed by atoms with Gasteiger partial charge in [-0.25, -0.2) is 0 Å². The number of carbonyl (C=O) groups excluding carboxylic acids is 2. The Labute approximate surface area is 152 Å². The number of rotatable bonds is 7. The van der Waals surface area contributed by atoms with Crippen molar-refractivity contribution in [1.29, 1.82) is 0 Å². The Morgan fingerprint density at radius 1 is 1.12 bits per heavy atom. The molecule has 25 heavy (non-hydrogen) atoms. The zero-order chi connectivity index (χ0) is 18.2.